The molecule has 1 N–H and O–H groups in total. The molecule has 0 bridgehead atoms. The van der Waals surface area contributed by atoms with E-state index in [2.05, 4.69) is 61.7 Å². The summed E-state index contributed by atoms with van der Waals surface area (Å²) in [6, 6.07) is 11.3. The molecule has 102 valence electrons. The second kappa shape index (κ2) is 9.42. The Hall–Kier alpha value is -0.510. The van der Waals surface area contributed by atoms with Gasteiger partial charge in [0.25, 0.3) is 0 Å². The molecular weight excluding hydrogens is 240 g/mol. The third kappa shape index (κ3) is 7.04. The molecule has 1 aromatic rings. The van der Waals surface area contributed by atoms with Gasteiger partial charge in [-0.25, -0.2) is 0 Å². The number of thioether (sulfide) groups is 1. The van der Waals surface area contributed by atoms with E-state index >= 15 is 0 Å². The number of rotatable bonds is 9. The van der Waals surface area contributed by atoms with Crippen LogP contribution in [0, 0.1) is 0 Å². The molecule has 0 saturated heterocycles. The van der Waals surface area contributed by atoms with Crippen molar-refractivity contribution in [2.24, 2.45) is 0 Å². The summed E-state index contributed by atoms with van der Waals surface area (Å²) in [6.07, 6.45) is 3.87. The molecule has 2 nitrogen and oxygen atoms in total. The van der Waals surface area contributed by atoms with Crippen molar-refractivity contribution < 1.29 is 0 Å². The van der Waals surface area contributed by atoms with E-state index in [9.17, 15) is 0 Å². The number of benzene rings is 1. The molecule has 18 heavy (non-hydrogen) atoms. The van der Waals surface area contributed by atoms with Gasteiger partial charge in [-0.2, -0.15) is 0 Å². The van der Waals surface area contributed by atoms with Gasteiger partial charge in [-0.05, 0) is 52.7 Å². The number of hydrogen-bond donors (Lipinski definition) is 1. The highest BCUT2D eigenvalue weighted by Crippen LogP contribution is 2.19. The van der Waals surface area contributed by atoms with Crippen molar-refractivity contribution in [1.82, 2.24) is 10.2 Å². The number of nitrogens with one attached hydrogen (secondary N) is 1. The molecule has 3 heteroatoms. The molecule has 0 spiro atoms. The summed E-state index contributed by atoms with van der Waals surface area (Å²) in [6.45, 7) is 1.20. The predicted molar refractivity (Wildman–Crippen MR) is 82.4 cm³/mol. The first-order valence-electron chi connectivity index (χ1n) is 6.72. The van der Waals surface area contributed by atoms with Gasteiger partial charge in [-0.15, -0.1) is 11.8 Å². The standard InChI is InChI=1S/C15H26N2S/c1-16-14(9-7-8-12-17(2)3)13-18-15-10-5-4-6-11-15/h4-6,10-11,14,16H,7-9,12-13H2,1-3H3/t14-/m1/s1. The second-order valence-electron chi connectivity index (χ2n) is 4.91. The topological polar surface area (TPSA) is 15.3 Å². The zero-order valence-electron chi connectivity index (χ0n) is 11.9. The summed E-state index contributed by atoms with van der Waals surface area (Å²) in [5.74, 6) is 1.16. The molecule has 0 aliphatic heterocycles. The third-order valence-corrected chi connectivity index (χ3v) is 4.19. The lowest BCUT2D eigenvalue weighted by molar-refractivity contribution is 0.385. The fourth-order valence-electron chi connectivity index (χ4n) is 1.84. The molecule has 1 rings (SSSR count). The lowest BCUT2D eigenvalue weighted by Crippen LogP contribution is -2.27. The zero-order valence-corrected chi connectivity index (χ0v) is 12.7. The average molecular weight is 266 g/mol. The van der Waals surface area contributed by atoms with Crippen molar-refractivity contribution >= 4 is 11.8 Å². The molecule has 0 aliphatic rings. The second-order valence-corrected chi connectivity index (χ2v) is 6.00. The first-order valence-corrected chi connectivity index (χ1v) is 7.70. The molecule has 0 heterocycles. The van der Waals surface area contributed by atoms with Gasteiger partial charge in [0.1, 0.15) is 0 Å². The molecule has 1 aromatic carbocycles. The lowest BCUT2D eigenvalue weighted by Gasteiger charge is -2.16. The Balaban J connectivity index is 2.17. The Morgan fingerprint density at radius 1 is 1.17 bits per heavy atom. The van der Waals surface area contributed by atoms with Crippen LogP contribution in [-0.2, 0) is 0 Å². The van der Waals surface area contributed by atoms with E-state index in [-0.39, 0.29) is 0 Å². The highest BCUT2D eigenvalue weighted by Gasteiger charge is 2.06. The van der Waals surface area contributed by atoms with E-state index in [1.54, 1.807) is 0 Å². The Morgan fingerprint density at radius 3 is 2.50 bits per heavy atom. The first-order chi connectivity index (χ1) is 8.72. The summed E-state index contributed by atoms with van der Waals surface area (Å²) in [7, 11) is 6.35. The van der Waals surface area contributed by atoms with Crippen LogP contribution in [0.5, 0.6) is 0 Å². The SMILES string of the molecule is CN[C@H](CCCCN(C)C)CSc1ccccc1. The summed E-state index contributed by atoms with van der Waals surface area (Å²) < 4.78 is 0. The van der Waals surface area contributed by atoms with Gasteiger partial charge >= 0.3 is 0 Å². The highest BCUT2D eigenvalue weighted by molar-refractivity contribution is 7.99. The van der Waals surface area contributed by atoms with Crippen LogP contribution in [0.25, 0.3) is 0 Å². The predicted octanol–water partition coefficient (Wildman–Crippen LogP) is 3.10. The van der Waals surface area contributed by atoms with Gasteiger partial charge in [-0.3, -0.25) is 0 Å². The van der Waals surface area contributed by atoms with Crippen LogP contribution in [-0.4, -0.2) is 44.4 Å². The summed E-state index contributed by atoms with van der Waals surface area (Å²) in [5.41, 5.74) is 0. The van der Waals surface area contributed by atoms with Crippen LogP contribution < -0.4 is 5.32 Å². The maximum atomic E-state index is 3.43. The normalized spacial score (nSPS) is 12.9. The van der Waals surface area contributed by atoms with Gasteiger partial charge in [0.15, 0.2) is 0 Å². The molecule has 0 aromatic heterocycles. The maximum Gasteiger partial charge on any atom is 0.0158 e. The van der Waals surface area contributed by atoms with Crippen molar-refractivity contribution in [2.45, 2.75) is 30.2 Å². The quantitative estimate of drug-likeness (QED) is 0.546. The van der Waals surface area contributed by atoms with Crippen LogP contribution in [0.3, 0.4) is 0 Å². The van der Waals surface area contributed by atoms with Crippen molar-refractivity contribution in [2.75, 3.05) is 33.4 Å². The van der Waals surface area contributed by atoms with E-state index < -0.39 is 0 Å². The number of nitrogens with zero attached hydrogens (tertiary/aromatic N) is 1. The van der Waals surface area contributed by atoms with Crippen LogP contribution >= 0.6 is 11.8 Å². The van der Waals surface area contributed by atoms with Crippen molar-refractivity contribution in [3.05, 3.63) is 30.3 Å². The molecule has 0 radical (unpaired) electrons. The van der Waals surface area contributed by atoms with Gasteiger partial charge in [0, 0.05) is 16.7 Å². The Labute approximate surface area is 116 Å². The Bertz CT molecular complexity index is 301. The monoisotopic (exact) mass is 266 g/mol. The van der Waals surface area contributed by atoms with E-state index in [1.165, 1.54) is 30.7 Å². The van der Waals surface area contributed by atoms with E-state index in [4.69, 9.17) is 0 Å². The van der Waals surface area contributed by atoms with Crippen LogP contribution in [0.4, 0.5) is 0 Å². The largest absolute Gasteiger partial charge is 0.316 e. The van der Waals surface area contributed by atoms with Crippen molar-refractivity contribution in [3.63, 3.8) is 0 Å². The lowest BCUT2D eigenvalue weighted by atomic mass is 10.1. The van der Waals surface area contributed by atoms with Crippen LogP contribution in [0.1, 0.15) is 19.3 Å². The molecule has 0 unspecified atom stereocenters. The minimum Gasteiger partial charge on any atom is -0.316 e. The summed E-state index contributed by atoms with van der Waals surface area (Å²) in [5, 5.41) is 3.43. The molecule has 0 aliphatic carbocycles. The zero-order chi connectivity index (χ0) is 13.2. The average Bonchev–Trinajstić information content (AvgIpc) is 2.39. The van der Waals surface area contributed by atoms with Gasteiger partial charge in [0.05, 0.1) is 0 Å². The molecule has 0 amide bonds. The van der Waals surface area contributed by atoms with E-state index in [0.29, 0.717) is 6.04 Å². The van der Waals surface area contributed by atoms with Crippen LogP contribution in [0.2, 0.25) is 0 Å². The minimum atomic E-state index is 0.623. The summed E-state index contributed by atoms with van der Waals surface area (Å²) >= 11 is 1.94. The molecule has 0 saturated carbocycles. The number of hydrogen-bond acceptors (Lipinski definition) is 3. The Kier molecular flexibility index (Phi) is 8.14. The van der Waals surface area contributed by atoms with Gasteiger partial charge in [0.2, 0.25) is 0 Å². The fraction of sp³-hybridized carbons (Fsp3) is 0.600. The first kappa shape index (κ1) is 15.5. The summed E-state index contributed by atoms with van der Waals surface area (Å²) in [4.78, 5) is 3.62. The molecule has 1 atom stereocenters. The van der Waals surface area contributed by atoms with E-state index in [1.807, 2.05) is 11.8 Å². The molecular formula is C15H26N2S. The van der Waals surface area contributed by atoms with Crippen LogP contribution in [0.15, 0.2) is 35.2 Å². The van der Waals surface area contributed by atoms with Gasteiger partial charge < -0.3 is 10.2 Å². The minimum absolute atomic E-state index is 0.623. The maximum absolute atomic E-state index is 3.43. The number of unbranched alkanes of at least 4 members (excludes halogenated alkanes) is 1. The van der Waals surface area contributed by atoms with Crippen molar-refractivity contribution in [1.29, 1.82) is 0 Å². The van der Waals surface area contributed by atoms with E-state index in [0.717, 1.165) is 5.75 Å². The Morgan fingerprint density at radius 2 is 1.89 bits per heavy atom. The van der Waals surface area contributed by atoms with Gasteiger partial charge in [-0.1, -0.05) is 24.6 Å². The molecule has 0 fully saturated rings. The fourth-order valence-corrected chi connectivity index (χ4v) is 2.92. The third-order valence-electron chi connectivity index (χ3n) is 3.01. The van der Waals surface area contributed by atoms with Crippen molar-refractivity contribution in [3.8, 4) is 0 Å². The highest BCUT2D eigenvalue weighted by atomic mass is 32.2. The smallest absolute Gasteiger partial charge is 0.0158 e.